The zero-order valence-electron chi connectivity index (χ0n) is 11.3. The van der Waals surface area contributed by atoms with Crippen molar-refractivity contribution in [2.45, 2.75) is 57.6 Å². The number of ether oxygens (including phenoxy) is 2. The third-order valence-electron chi connectivity index (χ3n) is 3.95. The second kappa shape index (κ2) is 6.17. The Balaban J connectivity index is 1.67. The molecule has 17 heavy (non-hydrogen) atoms. The van der Waals surface area contributed by atoms with Crippen molar-refractivity contribution in [3.05, 3.63) is 0 Å². The molecule has 2 aliphatic rings. The maximum Gasteiger partial charge on any atom is 0.0951 e. The van der Waals surface area contributed by atoms with Crippen LogP contribution in [0.5, 0.6) is 0 Å². The molecule has 2 unspecified atom stereocenters. The third kappa shape index (κ3) is 3.94. The van der Waals surface area contributed by atoms with Crippen LogP contribution in [0.3, 0.4) is 0 Å². The van der Waals surface area contributed by atoms with Crippen LogP contribution >= 0.6 is 0 Å². The standard InChI is InChI=1S/C14H27NO2/c1-12(2)4-3-7-15-13-5-8-17-14(10-13)6-9-16-11-14/h12-13,15H,3-11H2,1-2H3. The zero-order chi connectivity index (χ0) is 12.1. The van der Waals surface area contributed by atoms with Crippen molar-refractivity contribution < 1.29 is 9.47 Å². The van der Waals surface area contributed by atoms with Gasteiger partial charge in [-0.15, -0.1) is 0 Å². The smallest absolute Gasteiger partial charge is 0.0951 e. The van der Waals surface area contributed by atoms with Gasteiger partial charge in [0.1, 0.15) is 0 Å². The van der Waals surface area contributed by atoms with E-state index in [-0.39, 0.29) is 5.60 Å². The molecule has 2 rings (SSSR count). The van der Waals surface area contributed by atoms with E-state index in [1.807, 2.05) is 0 Å². The Hall–Kier alpha value is -0.120. The minimum Gasteiger partial charge on any atom is -0.378 e. The summed E-state index contributed by atoms with van der Waals surface area (Å²) in [6.45, 7) is 8.31. The average Bonchev–Trinajstić information content (AvgIpc) is 2.73. The van der Waals surface area contributed by atoms with Crippen molar-refractivity contribution >= 4 is 0 Å². The fourth-order valence-corrected chi connectivity index (χ4v) is 2.88. The molecule has 2 saturated heterocycles. The lowest BCUT2D eigenvalue weighted by Crippen LogP contribution is -2.47. The highest BCUT2D eigenvalue weighted by molar-refractivity contribution is 4.92. The zero-order valence-corrected chi connectivity index (χ0v) is 11.3. The predicted molar refractivity (Wildman–Crippen MR) is 69.2 cm³/mol. The van der Waals surface area contributed by atoms with Gasteiger partial charge in [-0.05, 0) is 38.1 Å². The summed E-state index contributed by atoms with van der Waals surface area (Å²) < 4.78 is 11.4. The SMILES string of the molecule is CC(C)CCCNC1CCOC2(CCOC2)C1. The van der Waals surface area contributed by atoms with Crippen molar-refractivity contribution in [1.29, 1.82) is 0 Å². The Morgan fingerprint density at radius 2 is 2.24 bits per heavy atom. The van der Waals surface area contributed by atoms with Gasteiger partial charge in [0.25, 0.3) is 0 Å². The van der Waals surface area contributed by atoms with E-state index in [0.717, 1.165) is 51.5 Å². The molecular formula is C14H27NO2. The molecule has 0 saturated carbocycles. The Bertz CT molecular complexity index is 224. The Kier molecular flexibility index (Phi) is 4.83. The molecule has 1 N–H and O–H groups in total. The first-order valence-corrected chi connectivity index (χ1v) is 7.15. The second-order valence-electron chi connectivity index (χ2n) is 6.01. The van der Waals surface area contributed by atoms with Crippen LogP contribution in [0.2, 0.25) is 0 Å². The van der Waals surface area contributed by atoms with Gasteiger partial charge in [0, 0.05) is 25.7 Å². The first-order valence-electron chi connectivity index (χ1n) is 7.15. The number of rotatable bonds is 5. The van der Waals surface area contributed by atoms with Crippen LogP contribution in [-0.4, -0.2) is 38.0 Å². The van der Waals surface area contributed by atoms with Crippen molar-refractivity contribution in [2.24, 2.45) is 5.92 Å². The van der Waals surface area contributed by atoms with Crippen LogP contribution in [0.4, 0.5) is 0 Å². The average molecular weight is 241 g/mol. The largest absolute Gasteiger partial charge is 0.378 e. The Morgan fingerprint density at radius 3 is 2.94 bits per heavy atom. The normalized spacial score (nSPS) is 33.7. The maximum absolute atomic E-state index is 5.94. The van der Waals surface area contributed by atoms with Crippen molar-refractivity contribution in [2.75, 3.05) is 26.4 Å². The highest BCUT2D eigenvalue weighted by atomic mass is 16.6. The molecule has 1 spiro atoms. The minimum absolute atomic E-state index is 0.0496. The van der Waals surface area contributed by atoms with E-state index >= 15 is 0 Å². The number of nitrogens with one attached hydrogen (secondary N) is 1. The predicted octanol–water partition coefficient (Wildman–Crippen LogP) is 2.35. The summed E-state index contributed by atoms with van der Waals surface area (Å²) in [6.07, 6.45) is 5.98. The van der Waals surface area contributed by atoms with Gasteiger partial charge < -0.3 is 14.8 Å². The van der Waals surface area contributed by atoms with E-state index in [2.05, 4.69) is 19.2 Å². The first-order chi connectivity index (χ1) is 8.20. The fraction of sp³-hybridized carbons (Fsp3) is 1.00. The summed E-state index contributed by atoms with van der Waals surface area (Å²) >= 11 is 0. The lowest BCUT2D eigenvalue weighted by Gasteiger charge is -2.37. The molecule has 3 heteroatoms. The summed E-state index contributed by atoms with van der Waals surface area (Å²) in [5, 5.41) is 3.69. The van der Waals surface area contributed by atoms with Crippen LogP contribution in [0.25, 0.3) is 0 Å². The lowest BCUT2D eigenvalue weighted by molar-refractivity contribution is -0.0892. The monoisotopic (exact) mass is 241 g/mol. The highest BCUT2D eigenvalue weighted by Crippen LogP contribution is 2.32. The van der Waals surface area contributed by atoms with Crippen LogP contribution in [0.1, 0.15) is 46.0 Å². The first kappa shape index (κ1) is 13.3. The van der Waals surface area contributed by atoms with E-state index in [9.17, 15) is 0 Å². The van der Waals surface area contributed by atoms with Crippen molar-refractivity contribution in [3.63, 3.8) is 0 Å². The summed E-state index contributed by atoms with van der Waals surface area (Å²) in [7, 11) is 0. The Labute approximate surface area is 105 Å². The molecule has 100 valence electrons. The molecule has 0 amide bonds. The Morgan fingerprint density at radius 1 is 1.35 bits per heavy atom. The van der Waals surface area contributed by atoms with Gasteiger partial charge in [0.05, 0.1) is 12.2 Å². The number of hydrogen-bond donors (Lipinski definition) is 1. The molecule has 2 atom stereocenters. The van der Waals surface area contributed by atoms with Crippen LogP contribution in [-0.2, 0) is 9.47 Å². The van der Waals surface area contributed by atoms with Crippen molar-refractivity contribution in [1.82, 2.24) is 5.32 Å². The molecule has 0 bridgehead atoms. The van der Waals surface area contributed by atoms with Gasteiger partial charge in [-0.2, -0.15) is 0 Å². The summed E-state index contributed by atoms with van der Waals surface area (Å²) in [5.41, 5.74) is 0.0496. The van der Waals surface area contributed by atoms with Gasteiger partial charge in [0.15, 0.2) is 0 Å². The molecule has 0 aromatic rings. The van der Waals surface area contributed by atoms with Gasteiger partial charge in [-0.3, -0.25) is 0 Å². The minimum atomic E-state index is 0.0496. The van der Waals surface area contributed by atoms with Gasteiger partial charge >= 0.3 is 0 Å². The highest BCUT2D eigenvalue weighted by Gasteiger charge is 2.40. The molecule has 0 aromatic heterocycles. The van der Waals surface area contributed by atoms with E-state index in [0.29, 0.717) is 6.04 Å². The van der Waals surface area contributed by atoms with Crippen molar-refractivity contribution in [3.8, 4) is 0 Å². The maximum atomic E-state index is 5.94. The molecular weight excluding hydrogens is 214 g/mol. The molecule has 0 radical (unpaired) electrons. The summed E-state index contributed by atoms with van der Waals surface area (Å²) in [5.74, 6) is 0.820. The van der Waals surface area contributed by atoms with Gasteiger partial charge in [-0.25, -0.2) is 0 Å². The van der Waals surface area contributed by atoms with E-state index in [1.54, 1.807) is 0 Å². The molecule has 0 aromatic carbocycles. The molecule has 2 aliphatic heterocycles. The van der Waals surface area contributed by atoms with E-state index in [1.165, 1.54) is 12.8 Å². The number of hydrogen-bond acceptors (Lipinski definition) is 3. The second-order valence-corrected chi connectivity index (χ2v) is 6.01. The molecule has 2 heterocycles. The molecule has 2 fully saturated rings. The molecule has 0 aliphatic carbocycles. The van der Waals surface area contributed by atoms with Crippen LogP contribution in [0.15, 0.2) is 0 Å². The van der Waals surface area contributed by atoms with E-state index < -0.39 is 0 Å². The van der Waals surface area contributed by atoms with Crippen LogP contribution < -0.4 is 5.32 Å². The van der Waals surface area contributed by atoms with Gasteiger partial charge in [-0.1, -0.05) is 13.8 Å². The quantitative estimate of drug-likeness (QED) is 0.750. The summed E-state index contributed by atoms with van der Waals surface area (Å²) in [4.78, 5) is 0. The van der Waals surface area contributed by atoms with Crippen LogP contribution in [0, 0.1) is 5.92 Å². The third-order valence-corrected chi connectivity index (χ3v) is 3.95. The van der Waals surface area contributed by atoms with Gasteiger partial charge in [0.2, 0.25) is 0 Å². The van der Waals surface area contributed by atoms with E-state index in [4.69, 9.17) is 9.47 Å². The molecule has 3 nitrogen and oxygen atoms in total. The lowest BCUT2D eigenvalue weighted by atomic mass is 9.89. The summed E-state index contributed by atoms with van der Waals surface area (Å²) in [6, 6.07) is 0.637. The topological polar surface area (TPSA) is 30.5 Å². The fourth-order valence-electron chi connectivity index (χ4n) is 2.88.